The SMILES string of the molecule is CN(C)c1ccc(/N=N/c2ccc(O)cc2)cc1. The third-order valence-corrected chi connectivity index (χ3v) is 2.50. The first-order valence-corrected chi connectivity index (χ1v) is 5.63. The smallest absolute Gasteiger partial charge is 0.115 e. The molecule has 0 saturated heterocycles. The predicted octanol–water partition coefficient (Wildman–Crippen LogP) is 3.87. The number of azo groups is 1. The zero-order valence-electron chi connectivity index (χ0n) is 10.4. The molecule has 1 N–H and O–H groups in total. The lowest BCUT2D eigenvalue weighted by Gasteiger charge is -2.11. The number of aromatic hydroxyl groups is 1. The Balaban J connectivity index is 2.11. The van der Waals surface area contributed by atoms with Crippen molar-refractivity contribution in [3.8, 4) is 5.75 Å². The number of phenols is 1. The van der Waals surface area contributed by atoms with Gasteiger partial charge in [-0.3, -0.25) is 0 Å². The van der Waals surface area contributed by atoms with Crippen molar-refractivity contribution in [2.24, 2.45) is 10.2 Å². The van der Waals surface area contributed by atoms with Gasteiger partial charge in [-0.15, -0.1) is 0 Å². The van der Waals surface area contributed by atoms with Crippen LogP contribution in [-0.2, 0) is 0 Å². The van der Waals surface area contributed by atoms with E-state index in [0.717, 1.165) is 11.4 Å². The summed E-state index contributed by atoms with van der Waals surface area (Å²) in [5.74, 6) is 0.226. The molecule has 92 valence electrons. The van der Waals surface area contributed by atoms with Crippen LogP contribution in [0.2, 0.25) is 0 Å². The summed E-state index contributed by atoms with van der Waals surface area (Å²) < 4.78 is 0. The van der Waals surface area contributed by atoms with Crippen molar-refractivity contribution in [3.63, 3.8) is 0 Å². The molecule has 0 atom stereocenters. The third kappa shape index (κ3) is 3.07. The van der Waals surface area contributed by atoms with Gasteiger partial charge in [-0.05, 0) is 48.5 Å². The van der Waals surface area contributed by atoms with Crippen molar-refractivity contribution < 1.29 is 5.11 Å². The van der Waals surface area contributed by atoms with Crippen molar-refractivity contribution in [3.05, 3.63) is 48.5 Å². The van der Waals surface area contributed by atoms with E-state index in [1.807, 2.05) is 43.3 Å². The molecule has 2 aromatic rings. The van der Waals surface area contributed by atoms with Crippen molar-refractivity contribution in [1.29, 1.82) is 0 Å². The molecule has 0 aliphatic carbocycles. The average molecular weight is 241 g/mol. The number of phenolic OH excluding ortho intramolecular Hbond substituents is 1. The number of benzene rings is 2. The molecule has 0 unspecified atom stereocenters. The largest absolute Gasteiger partial charge is 0.508 e. The predicted molar refractivity (Wildman–Crippen MR) is 73.1 cm³/mol. The molecule has 0 amide bonds. The maximum Gasteiger partial charge on any atom is 0.115 e. The summed E-state index contributed by atoms with van der Waals surface area (Å²) in [5.41, 5.74) is 2.64. The fraction of sp³-hybridized carbons (Fsp3) is 0.143. The molecule has 18 heavy (non-hydrogen) atoms. The minimum absolute atomic E-state index is 0.226. The molecule has 4 heteroatoms. The minimum atomic E-state index is 0.226. The molecule has 0 aromatic heterocycles. The van der Waals surface area contributed by atoms with Crippen molar-refractivity contribution in [2.75, 3.05) is 19.0 Å². The first kappa shape index (κ1) is 12.1. The number of anilines is 1. The van der Waals surface area contributed by atoms with Crippen LogP contribution in [0.5, 0.6) is 5.75 Å². The Morgan fingerprint density at radius 3 is 1.67 bits per heavy atom. The summed E-state index contributed by atoms with van der Waals surface area (Å²) in [6.07, 6.45) is 0. The lowest BCUT2D eigenvalue weighted by Crippen LogP contribution is -2.07. The van der Waals surface area contributed by atoms with E-state index in [1.54, 1.807) is 24.3 Å². The van der Waals surface area contributed by atoms with Crippen LogP contribution in [-0.4, -0.2) is 19.2 Å². The van der Waals surface area contributed by atoms with Gasteiger partial charge >= 0.3 is 0 Å². The monoisotopic (exact) mass is 241 g/mol. The van der Waals surface area contributed by atoms with Crippen LogP contribution in [0.25, 0.3) is 0 Å². The van der Waals surface area contributed by atoms with E-state index in [-0.39, 0.29) is 5.75 Å². The van der Waals surface area contributed by atoms with Gasteiger partial charge in [0.15, 0.2) is 0 Å². The summed E-state index contributed by atoms with van der Waals surface area (Å²) in [6, 6.07) is 14.4. The Morgan fingerprint density at radius 1 is 0.778 bits per heavy atom. The summed E-state index contributed by atoms with van der Waals surface area (Å²) in [7, 11) is 3.99. The van der Waals surface area contributed by atoms with Gasteiger partial charge < -0.3 is 10.0 Å². The van der Waals surface area contributed by atoms with E-state index < -0.39 is 0 Å². The molecule has 0 saturated carbocycles. The Labute approximate surface area is 106 Å². The summed E-state index contributed by atoms with van der Waals surface area (Å²) >= 11 is 0. The molecule has 2 rings (SSSR count). The molecule has 4 nitrogen and oxygen atoms in total. The lowest BCUT2D eigenvalue weighted by molar-refractivity contribution is 0.475. The highest BCUT2D eigenvalue weighted by Crippen LogP contribution is 2.22. The molecular weight excluding hydrogens is 226 g/mol. The van der Waals surface area contributed by atoms with Gasteiger partial charge in [-0.25, -0.2) is 0 Å². The van der Waals surface area contributed by atoms with Crippen LogP contribution in [0.4, 0.5) is 17.1 Å². The maximum atomic E-state index is 9.15. The Kier molecular flexibility index (Phi) is 3.57. The second-order valence-electron chi connectivity index (χ2n) is 4.13. The van der Waals surface area contributed by atoms with Crippen molar-refractivity contribution in [1.82, 2.24) is 0 Å². The first-order valence-electron chi connectivity index (χ1n) is 5.63. The zero-order chi connectivity index (χ0) is 13.0. The van der Waals surface area contributed by atoms with E-state index in [2.05, 4.69) is 10.2 Å². The minimum Gasteiger partial charge on any atom is -0.508 e. The summed E-state index contributed by atoms with van der Waals surface area (Å²) in [6.45, 7) is 0. The van der Waals surface area contributed by atoms with Crippen molar-refractivity contribution >= 4 is 17.1 Å². The third-order valence-electron chi connectivity index (χ3n) is 2.50. The number of hydrogen-bond donors (Lipinski definition) is 1. The van der Waals surface area contributed by atoms with Gasteiger partial charge in [-0.1, -0.05) is 0 Å². The average Bonchev–Trinajstić information content (AvgIpc) is 2.38. The Hall–Kier alpha value is -2.36. The van der Waals surface area contributed by atoms with Gasteiger partial charge in [0, 0.05) is 19.8 Å². The van der Waals surface area contributed by atoms with Crippen LogP contribution in [0.3, 0.4) is 0 Å². The summed E-state index contributed by atoms with van der Waals surface area (Å²) in [4.78, 5) is 2.03. The van der Waals surface area contributed by atoms with Crippen LogP contribution in [0.15, 0.2) is 58.8 Å². The first-order chi connectivity index (χ1) is 8.65. The van der Waals surface area contributed by atoms with E-state index >= 15 is 0 Å². The number of nitrogens with zero attached hydrogens (tertiary/aromatic N) is 3. The maximum absolute atomic E-state index is 9.15. The van der Waals surface area contributed by atoms with Crippen LogP contribution in [0.1, 0.15) is 0 Å². The van der Waals surface area contributed by atoms with Crippen molar-refractivity contribution in [2.45, 2.75) is 0 Å². The van der Waals surface area contributed by atoms with Gasteiger partial charge in [0.25, 0.3) is 0 Å². The number of rotatable bonds is 3. The molecule has 0 bridgehead atoms. The number of hydrogen-bond acceptors (Lipinski definition) is 4. The highest BCUT2D eigenvalue weighted by Gasteiger charge is 1.95. The highest BCUT2D eigenvalue weighted by atomic mass is 16.3. The second kappa shape index (κ2) is 5.31. The van der Waals surface area contributed by atoms with E-state index in [0.29, 0.717) is 5.69 Å². The topological polar surface area (TPSA) is 48.2 Å². The standard InChI is InChI=1S/C14H15N3O/c1-17(2)13-7-3-11(4-8-13)15-16-12-5-9-14(18)10-6-12/h3-10,18H,1-2H3/b16-15+. The van der Waals surface area contributed by atoms with E-state index in [4.69, 9.17) is 5.11 Å². The highest BCUT2D eigenvalue weighted by molar-refractivity contribution is 5.52. The Morgan fingerprint density at radius 2 is 1.22 bits per heavy atom. The van der Waals surface area contributed by atoms with Crippen LogP contribution < -0.4 is 4.90 Å². The quantitative estimate of drug-likeness (QED) is 0.829. The van der Waals surface area contributed by atoms with Crippen LogP contribution >= 0.6 is 0 Å². The molecule has 0 aliphatic rings. The zero-order valence-corrected chi connectivity index (χ0v) is 10.4. The van der Waals surface area contributed by atoms with Gasteiger partial charge in [0.05, 0.1) is 11.4 Å². The van der Waals surface area contributed by atoms with Gasteiger partial charge in [-0.2, -0.15) is 10.2 Å². The molecule has 2 aromatic carbocycles. The Bertz CT molecular complexity index is 530. The van der Waals surface area contributed by atoms with E-state index in [1.165, 1.54) is 0 Å². The molecular formula is C14H15N3O. The molecule has 0 radical (unpaired) electrons. The summed E-state index contributed by atoms with van der Waals surface area (Å²) in [5, 5.41) is 17.4. The van der Waals surface area contributed by atoms with Crippen LogP contribution in [0, 0.1) is 0 Å². The normalized spacial score (nSPS) is 10.8. The molecule has 0 heterocycles. The second-order valence-corrected chi connectivity index (χ2v) is 4.13. The fourth-order valence-electron chi connectivity index (χ4n) is 1.45. The lowest BCUT2D eigenvalue weighted by atomic mass is 10.3. The molecule has 0 fully saturated rings. The van der Waals surface area contributed by atoms with Gasteiger partial charge in [0.2, 0.25) is 0 Å². The van der Waals surface area contributed by atoms with E-state index in [9.17, 15) is 0 Å². The molecule has 0 aliphatic heterocycles. The molecule has 0 spiro atoms. The van der Waals surface area contributed by atoms with Gasteiger partial charge in [0.1, 0.15) is 5.75 Å². The fourth-order valence-corrected chi connectivity index (χ4v) is 1.45.